The zero-order chi connectivity index (χ0) is 16.7. The van der Waals surface area contributed by atoms with E-state index in [0.29, 0.717) is 30.3 Å². The van der Waals surface area contributed by atoms with E-state index < -0.39 is 5.97 Å². The minimum absolute atomic E-state index is 0.400. The monoisotopic (exact) mass is 314 g/mol. The third-order valence-corrected chi connectivity index (χ3v) is 3.37. The van der Waals surface area contributed by atoms with Crippen molar-refractivity contribution in [3.63, 3.8) is 0 Å². The maximum absolute atomic E-state index is 12.0. The summed E-state index contributed by atoms with van der Waals surface area (Å²) in [5, 5.41) is 0. The van der Waals surface area contributed by atoms with Crippen LogP contribution in [0, 0.1) is 6.92 Å². The molecule has 0 aliphatic carbocycles. The Balaban J connectivity index is 2.23. The molecule has 122 valence electrons. The van der Waals surface area contributed by atoms with Crippen LogP contribution in [0.5, 0.6) is 11.5 Å². The fourth-order valence-electron chi connectivity index (χ4n) is 2.24. The van der Waals surface area contributed by atoms with Gasteiger partial charge in [-0.05, 0) is 30.5 Å². The molecule has 0 radical (unpaired) electrons. The first-order valence-electron chi connectivity index (χ1n) is 7.68. The van der Waals surface area contributed by atoms with Crippen LogP contribution in [-0.4, -0.2) is 19.7 Å². The average Bonchev–Trinajstić information content (AvgIpc) is 2.58. The average molecular weight is 314 g/mol. The largest absolute Gasteiger partial charge is 0.493 e. The summed E-state index contributed by atoms with van der Waals surface area (Å²) in [7, 11) is 1.37. The van der Waals surface area contributed by atoms with Gasteiger partial charge in [-0.25, -0.2) is 4.79 Å². The molecule has 0 amide bonds. The van der Waals surface area contributed by atoms with E-state index in [-0.39, 0.29) is 0 Å². The molecule has 0 bridgehead atoms. The molecular formula is C19H22O4. The summed E-state index contributed by atoms with van der Waals surface area (Å²) >= 11 is 0. The van der Waals surface area contributed by atoms with Crippen LogP contribution >= 0.6 is 0 Å². The van der Waals surface area contributed by atoms with Crippen molar-refractivity contribution in [3.05, 3.63) is 59.2 Å². The van der Waals surface area contributed by atoms with Crippen LogP contribution in [0.25, 0.3) is 0 Å². The Kier molecular flexibility index (Phi) is 6.03. The fourth-order valence-corrected chi connectivity index (χ4v) is 2.24. The Morgan fingerprint density at radius 2 is 1.83 bits per heavy atom. The number of aryl methyl sites for hydroxylation is 1. The third-order valence-electron chi connectivity index (χ3n) is 3.37. The smallest absolute Gasteiger partial charge is 0.341 e. The van der Waals surface area contributed by atoms with Gasteiger partial charge >= 0.3 is 5.97 Å². The number of esters is 1. The van der Waals surface area contributed by atoms with E-state index in [1.807, 2.05) is 50.2 Å². The van der Waals surface area contributed by atoms with Crippen molar-refractivity contribution in [1.29, 1.82) is 0 Å². The Hall–Kier alpha value is -2.49. The molecule has 4 nitrogen and oxygen atoms in total. The van der Waals surface area contributed by atoms with Crippen LogP contribution in [0.2, 0.25) is 0 Å². The van der Waals surface area contributed by atoms with Gasteiger partial charge < -0.3 is 14.2 Å². The molecule has 0 aromatic heterocycles. The van der Waals surface area contributed by atoms with E-state index in [4.69, 9.17) is 14.2 Å². The number of ether oxygens (including phenoxy) is 3. The number of carbonyl (C=O) groups excluding carboxylic acids is 1. The summed E-state index contributed by atoms with van der Waals surface area (Å²) in [5.74, 6) is 0.773. The van der Waals surface area contributed by atoms with E-state index in [2.05, 4.69) is 0 Å². The maximum Gasteiger partial charge on any atom is 0.341 e. The maximum atomic E-state index is 12.0. The number of carbonyl (C=O) groups is 1. The summed E-state index contributed by atoms with van der Waals surface area (Å²) < 4.78 is 16.4. The molecule has 0 unspecified atom stereocenters. The summed E-state index contributed by atoms with van der Waals surface area (Å²) in [5.41, 5.74) is 2.31. The van der Waals surface area contributed by atoms with Gasteiger partial charge in [0.25, 0.3) is 0 Å². The van der Waals surface area contributed by atoms with Gasteiger partial charge in [-0.1, -0.05) is 37.3 Å². The van der Waals surface area contributed by atoms with E-state index in [0.717, 1.165) is 17.5 Å². The lowest BCUT2D eigenvalue weighted by Crippen LogP contribution is -2.09. The summed E-state index contributed by atoms with van der Waals surface area (Å²) in [6, 6.07) is 13.5. The van der Waals surface area contributed by atoms with Gasteiger partial charge in [-0.15, -0.1) is 0 Å². The second-order valence-electron chi connectivity index (χ2n) is 5.23. The number of methoxy groups -OCH3 is 1. The van der Waals surface area contributed by atoms with E-state index in [1.165, 1.54) is 7.11 Å². The summed E-state index contributed by atoms with van der Waals surface area (Å²) in [4.78, 5) is 12.0. The molecule has 0 saturated carbocycles. The van der Waals surface area contributed by atoms with Gasteiger partial charge in [0, 0.05) is 6.07 Å². The summed E-state index contributed by atoms with van der Waals surface area (Å²) in [6.07, 6.45) is 0.856. The Morgan fingerprint density at radius 3 is 2.48 bits per heavy atom. The van der Waals surface area contributed by atoms with Gasteiger partial charge in [0.1, 0.15) is 23.7 Å². The zero-order valence-corrected chi connectivity index (χ0v) is 13.8. The standard InChI is InChI=1S/C19H22O4/c1-4-10-22-17-12-16(11-14(2)18(17)19(20)21-3)23-13-15-8-6-5-7-9-15/h5-9,11-12H,4,10,13H2,1-3H3. The molecule has 2 rings (SSSR count). The van der Waals surface area contributed by atoms with Crippen LogP contribution in [-0.2, 0) is 11.3 Å². The van der Waals surface area contributed by atoms with Gasteiger partial charge in [0.15, 0.2) is 0 Å². The van der Waals surface area contributed by atoms with Crippen LogP contribution < -0.4 is 9.47 Å². The van der Waals surface area contributed by atoms with Crippen molar-refractivity contribution in [2.45, 2.75) is 26.9 Å². The number of benzene rings is 2. The highest BCUT2D eigenvalue weighted by atomic mass is 16.5. The number of rotatable bonds is 7. The predicted octanol–water partition coefficient (Wildman–Crippen LogP) is 4.15. The first-order valence-corrected chi connectivity index (χ1v) is 7.68. The van der Waals surface area contributed by atoms with E-state index in [1.54, 1.807) is 6.07 Å². The topological polar surface area (TPSA) is 44.8 Å². The highest BCUT2D eigenvalue weighted by molar-refractivity contribution is 5.94. The van der Waals surface area contributed by atoms with Gasteiger partial charge in [0.05, 0.1) is 13.7 Å². The highest BCUT2D eigenvalue weighted by Crippen LogP contribution is 2.30. The van der Waals surface area contributed by atoms with Gasteiger partial charge in [-0.3, -0.25) is 0 Å². The van der Waals surface area contributed by atoms with Crippen LogP contribution in [0.3, 0.4) is 0 Å². The van der Waals surface area contributed by atoms with Crippen molar-refractivity contribution in [3.8, 4) is 11.5 Å². The predicted molar refractivity (Wildman–Crippen MR) is 89.1 cm³/mol. The molecule has 2 aromatic rings. The zero-order valence-electron chi connectivity index (χ0n) is 13.8. The number of hydrogen-bond donors (Lipinski definition) is 0. The third kappa shape index (κ3) is 4.49. The van der Waals surface area contributed by atoms with E-state index >= 15 is 0 Å². The first kappa shape index (κ1) is 16.9. The van der Waals surface area contributed by atoms with Crippen molar-refractivity contribution in [2.75, 3.05) is 13.7 Å². The molecule has 0 N–H and O–H groups in total. The minimum Gasteiger partial charge on any atom is -0.493 e. The van der Waals surface area contributed by atoms with Gasteiger partial charge in [0.2, 0.25) is 0 Å². The van der Waals surface area contributed by atoms with Crippen molar-refractivity contribution >= 4 is 5.97 Å². The highest BCUT2D eigenvalue weighted by Gasteiger charge is 2.18. The second-order valence-corrected chi connectivity index (χ2v) is 5.23. The van der Waals surface area contributed by atoms with Crippen LogP contribution in [0.15, 0.2) is 42.5 Å². The lowest BCUT2D eigenvalue weighted by atomic mass is 10.1. The van der Waals surface area contributed by atoms with Crippen LogP contribution in [0.4, 0.5) is 0 Å². The van der Waals surface area contributed by atoms with Crippen molar-refractivity contribution in [2.24, 2.45) is 0 Å². The van der Waals surface area contributed by atoms with Crippen LogP contribution in [0.1, 0.15) is 34.8 Å². The molecule has 2 aromatic carbocycles. The molecule has 0 fully saturated rings. The minimum atomic E-state index is -0.400. The Labute approximate surface area is 137 Å². The fraction of sp³-hybridized carbons (Fsp3) is 0.316. The molecule has 0 aliphatic heterocycles. The molecular weight excluding hydrogens is 292 g/mol. The molecule has 0 heterocycles. The first-order chi connectivity index (χ1) is 11.2. The Bertz CT molecular complexity index is 650. The number of hydrogen-bond acceptors (Lipinski definition) is 4. The molecule has 0 spiro atoms. The summed E-state index contributed by atoms with van der Waals surface area (Å²) in [6.45, 7) is 4.86. The van der Waals surface area contributed by atoms with Crippen molar-refractivity contribution in [1.82, 2.24) is 0 Å². The molecule has 0 atom stereocenters. The molecule has 0 aliphatic rings. The molecule has 0 saturated heterocycles. The van der Waals surface area contributed by atoms with Crippen molar-refractivity contribution < 1.29 is 19.0 Å². The normalized spacial score (nSPS) is 10.2. The Morgan fingerprint density at radius 1 is 1.09 bits per heavy atom. The quantitative estimate of drug-likeness (QED) is 0.720. The van der Waals surface area contributed by atoms with Gasteiger partial charge in [-0.2, -0.15) is 0 Å². The lowest BCUT2D eigenvalue weighted by molar-refractivity contribution is 0.0595. The molecule has 4 heteroatoms. The SMILES string of the molecule is CCCOc1cc(OCc2ccccc2)cc(C)c1C(=O)OC. The van der Waals surface area contributed by atoms with E-state index in [9.17, 15) is 4.79 Å². The molecule has 23 heavy (non-hydrogen) atoms. The second kappa shape index (κ2) is 8.22. The lowest BCUT2D eigenvalue weighted by Gasteiger charge is -2.15.